The third-order valence-corrected chi connectivity index (χ3v) is 1.88. The summed E-state index contributed by atoms with van der Waals surface area (Å²) in [6, 6.07) is 7.30. The molecule has 1 aromatic carbocycles. The maximum atomic E-state index is 11.4. The van der Waals surface area contributed by atoms with Gasteiger partial charge >= 0.3 is 0 Å². The first kappa shape index (κ1) is 10.7. The lowest BCUT2D eigenvalue weighted by Gasteiger charge is -2.03. The van der Waals surface area contributed by atoms with Crippen LogP contribution >= 0.6 is 0 Å². The van der Waals surface area contributed by atoms with Crippen LogP contribution in [0.25, 0.3) is 0 Å². The topological polar surface area (TPSA) is 77.0 Å². The molecule has 1 rings (SSSR count). The summed E-state index contributed by atoms with van der Waals surface area (Å²) in [6.07, 6.45) is 0. The Morgan fingerprint density at radius 1 is 1.50 bits per heavy atom. The number of rotatable bonds is 4. The summed E-state index contributed by atoms with van der Waals surface area (Å²) in [5.41, 5.74) is 5.39. The van der Waals surface area contributed by atoms with Crippen molar-refractivity contribution < 1.29 is 15.6 Å². The molecule has 14 heavy (non-hydrogen) atoms. The molecule has 0 saturated heterocycles. The van der Waals surface area contributed by atoms with Crippen LogP contribution in [0.15, 0.2) is 24.3 Å². The van der Waals surface area contributed by atoms with Gasteiger partial charge in [-0.3, -0.25) is 4.79 Å². The molecule has 0 aliphatic heterocycles. The van der Waals surface area contributed by atoms with Crippen LogP contribution in [0.1, 0.15) is 15.9 Å². The number of nitrogens with one attached hydrogen (secondary N) is 1. The van der Waals surface area contributed by atoms with Gasteiger partial charge in [-0.05, 0) is 12.1 Å². The van der Waals surface area contributed by atoms with Gasteiger partial charge < -0.3 is 16.2 Å². The predicted octanol–water partition coefficient (Wildman–Crippen LogP) is -0.849. The Labute approximate surface area is 82.7 Å². The first-order valence-corrected chi connectivity index (χ1v) is 4.55. The molecule has 0 unspecified atom stereocenters. The molecule has 0 aliphatic rings. The molecule has 0 heterocycles. The number of carbonyl (C=O) groups excluding carboxylic acids is 1. The van der Waals surface area contributed by atoms with Gasteiger partial charge in [-0.1, -0.05) is 12.1 Å². The highest BCUT2D eigenvalue weighted by Crippen LogP contribution is 2.03. The molecule has 0 radical (unpaired) electrons. The lowest BCUT2D eigenvalue weighted by atomic mass is 10.1. The Kier molecular flexibility index (Phi) is 4.10. The van der Waals surface area contributed by atoms with E-state index in [2.05, 4.69) is 11.1 Å². The summed E-state index contributed by atoms with van der Waals surface area (Å²) in [6.45, 7) is 0.912. The maximum Gasteiger partial charge on any atom is 0.251 e. The number of quaternary nitrogens is 1. The number of carbonyl (C=O) groups is 1. The van der Waals surface area contributed by atoms with E-state index in [-0.39, 0.29) is 19.1 Å². The lowest BCUT2D eigenvalue weighted by molar-refractivity contribution is -0.386. The second kappa shape index (κ2) is 5.36. The number of benzene rings is 1. The first-order valence-electron chi connectivity index (χ1n) is 4.55. The van der Waals surface area contributed by atoms with Crippen molar-refractivity contribution in [2.24, 2.45) is 0 Å². The molecular weight excluding hydrogens is 180 g/mol. The van der Waals surface area contributed by atoms with E-state index < -0.39 is 0 Å². The van der Waals surface area contributed by atoms with Crippen molar-refractivity contribution in [3.63, 3.8) is 0 Å². The molecule has 0 aliphatic carbocycles. The van der Waals surface area contributed by atoms with E-state index in [1.165, 1.54) is 0 Å². The smallest absolute Gasteiger partial charge is 0.251 e. The van der Waals surface area contributed by atoms with Crippen molar-refractivity contribution in [3.05, 3.63) is 35.4 Å². The Balaban J connectivity index is 2.69. The van der Waals surface area contributed by atoms with Gasteiger partial charge in [0.15, 0.2) is 0 Å². The number of aliphatic hydroxyl groups excluding tert-OH is 1. The third kappa shape index (κ3) is 2.83. The fraction of sp³-hybridized carbons (Fsp3) is 0.300. The SMILES string of the molecule is [NH3+]Cc1cccc(C(=O)NCCO)c1. The fourth-order valence-electron chi connectivity index (χ4n) is 1.14. The van der Waals surface area contributed by atoms with Gasteiger partial charge in [0.25, 0.3) is 5.91 Å². The number of hydrogen-bond donors (Lipinski definition) is 3. The van der Waals surface area contributed by atoms with Crippen LogP contribution < -0.4 is 11.1 Å². The Morgan fingerprint density at radius 2 is 2.29 bits per heavy atom. The molecule has 0 atom stereocenters. The number of amides is 1. The second-order valence-electron chi connectivity index (χ2n) is 2.93. The van der Waals surface area contributed by atoms with E-state index in [4.69, 9.17) is 5.11 Å². The van der Waals surface area contributed by atoms with Crippen molar-refractivity contribution >= 4 is 5.91 Å². The monoisotopic (exact) mass is 195 g/mol. The standard InChI is InChI=1S/C10H14N2O2/c11-7-8-2-1-3-9(6-8)10(14)12-4-5-13/h1-3,6,13H,4-5,7,11H2,(H,12,14)/p+1. The van der Waals surface area contributed by atoms with Gasteiger partial charge in [0, 0.05) is 17.7 Å². The summed E-state index contributed by atoms with van der Waals surface area (Å²) < 4.78 is 0. The second-order valence-corrected chi connectivity index (χ2v) is 2.93. The van der Waals surface area contributed by atoms with Gasteiger partial charge in [-0.25, -0.2) is 0 Å². The largest absolute Gasteiger partial charge is 0.395 e. The molecule has 0 saturated carbocycles. The van der Waals surface area contributed by atoms with Gasteiger partial charge in [0.1, 0.15) is 0 Å². The van der Waals surface area contributed by atoms with Crippen LogP contribution in [-0.2, 0) is 6.54 Å². The van der Waals surface area contributed by atoms with Gasteiger partial charge in [0.2, 0.25) is 0 Å². The molecule has 0 aromatic heterocycles. The summed E-state index contributed by atoms with van der Waals surface area (Å²) >= 11 is 0. The quantitative estimate of drug-likeness (QED) is 0.585. The lowest BCUT2D eigenvalue weighted by Crippen LogP contribution is -2.47. The molecule has 1 amide bonds. The minimum Gasteiger partial charge on any atom is -0.395 e. The van der Waals surface area contributed by atoms with Gasteiger partial charge in [-0.15, -0.1) is 0 Å². The number of aliphatic hydroxyl groups is 1. The number of hydrogen-bond acceptors (Lipinski definition) is 2. The summed E-state index contributed by atoms with van der Waals surface area (Å²) in [5, 5.41) is 11.1. The van der Waals surface area contributed by atoms with E-state index in [9.17, 15) is 4.79 Å². The molecule has 4 nitrogen and oxygen atoms in total. The van der Waals surface area contributed by atoms with Crippen molar-refractivity contribution in [3.8, 4) is 0 Å². The molecule has 4 heteroatoms. The first-order chi connectivity index (χ1) is 6.77. The van der Waals surface area contributed by atoms with Crippen LogP contribution in [0.2, 0.25) is 0 Å². The normalized spacial score (nSPS) is 9.86. The van der Waals surface area contributed by atoms with Crippen molar-refractivity contribution in [1.82, 2.24) is 5.32 Å². The van der Waals surface area contributed by atoms with E-state index >= 15 is 0 Å². The fourth-order valence-corrected chi connectivity index (χ4v) is 1.14. The minimum atomic E-state index is -0.158. The van der Waals surface area contributed by atoms with Crippen molar-refractivity contribution in [2.45, 2.75) is 6.54 Å². The van der Waals surface area contributed by atoms with Crippen LogP contribution in [0.3, 0.4) is 0 Å². The predicted molar refractivity (Wildman–Crippen MR) is 52.5 cm³/mol. The van der Waals surface area contributed by atoms with Crippen LogP contribution in [0.4, 0.5) is 0 Å². The highest BCUT2D eigenvalue weighted by molar-refractivity contribution is 5.94. The van der Waals surface area contributed by atoms with Crippen LogP contribution in [0, 0.1) is 0 Å². The van der Waals surface area contributed by atoms with Crippen molar-refractivity contribution in [2.75, 3.05) is 13.2 Å². The Morgan fingerprint density at radius 3 is 2.93 bits per heavy atom. The van der Waals surface area contributed by atoms with Crippen LogP contribution in [0.5, 0.6) is 0 Å². The summed E-state index contributed by atoms with van der Waals surface area (Å²) in [7, 11) is 0. The maximum absolute atomic E-state index is 11.4. The highest BCUT2D eigenvalue weighted by Gasteiger charge is 2.04. The zero-order valence-electron chi connectivity index (χ0n) is 7.99. The van der Waals surface area contributed by atoms with E-state index in [0.717, 1.165) is 5.56 Å². The van der Waals surface area contributed by atoms with E-state index in [1.807, 2.05) is 12.1 Å². The Hall–Kier alpha value is -1.39. The molecule has 76 valence electrons. The zero-order valence-corrected chi connectivity index (χ0v) is 7.99. The molecule has 0 fully saturated rings. The van der Waals surface area contributed by atoms with Gasteiger partial charge in [0.05, 0.1) is 13.2 Å². The summed E-state index contributed by atoms with van der Waals surface area (Å²) in [4.78, 5) is 11.4. The average Bonchev–Trinajstić information content (AvgIpc) is 2.26. The van der Waals surface area contributed by atoms with Crippen molar-refractivity contribution in [1.29, 1.82) is 0 Å². The third-order valence-electron chi connectivity index (χ3n) is 1.88. The molecule has 0 spiro atoms. The molecule has 1 aromatic rings. The highest BCUT2D eigenvalue weighted by atomic mass is 16.3. The van der Waals surface area contributed by atoms with Gasteiger partial charge in [-0.2, -0.15) is 0 Å². The Bertz CT molecular complexity index is 313. The van der Waals surface area contributed by atoms with E-state index in [0.29, 0.717) is 12.1 Å². The molecule has 0 bridgehead atoms. The zero-order chi connectivity index (χ0) is 10.4. The molecule has 5 N–H and O–H groups in total. The summed E-state index contributed by atoms with van der Waals surface area (Å²) in [5.74, 6) is -0.158. The average molecular weight is 195 g/mol. The van der Waals surface area contributed by atoms with E-state index in [1.54, 1.807) is 12.1 Å². The molecular formula is C10H15N2O2+. The van der Waals surface area contributed by atoms with Crippen LogP contribution in [-0.4, -0.2) is 24.2 Å². The minimum absolute atomic E-state index is 0.0409.